The Labute approximate surface area is 273 Å². The predicted molar refractivity (Wildman–Crippen MR) is 183 cm³/mol. The van der Waals surface area contributed by atoms with Crippen LogP contribution in [0.2, 0.25) is 10.0 Å². The number of halogens is 2. The van der Waals surface area contributed by atoms with Gasteiger partial charge in [0.25, 0.3) is 0 Å². The molecule has 0 fully saturated rings. The lowest BCUT2D eigenvalue weighted by Gasteiger charge is -2.40. The summed E-state index contributed by atoms with van der Waals surface area (Å²) >= 11 is 17.9. The van der Waals surface area contributed by atoms with Gasteiger partial charge in [0.1, 0.15) is 12.4 Å². The minimum Gasteiger partial charge on any atom is -0.487 e. The first-order chi connectivity index (χ1) is 21.2. The Kier molecular flexibility index (Phi) is 10.3. The van der Waals surface area contributed by atoms with Gasteiger partial charge >= 0.3 is 5.97 Å². The molecular formula is C37H33Cl2NO3S. The Balaban J connectivity index is 1.46. The molecule has 0 bridgehead atoms. The highest BCUT2D eigenvalue weighted by molar-refractivity contribution is 7.80. The van der Waals surface area contributed by atoms with Crippen LogP contribution in [0.4, 0.5) is 0 Å². The highest BCUT2D eigenvalue weighted by Crippen LogP contribution is 2.43. The third-order valence-corrected chi connectivity index (χ3v) is 8.85. The van der Waals surface area contributed by atoms with E-state index in [0.717, 1.165) is 46.1 Å². The maximum Gasteiger partial charge on any atom is 0.312 e. The first-order valence-corrected chi connectivity index (χ1v) is 15.7. The van der Waals surface area contributed by atoms with Gasteiger partial charge < -0.3 is 9.84 Å². The minimum atomic E-state index is -0.930. The van der Waals surface area contributed by atoms with Crippen LogP contribution >= 0.6 is 35.4 Å². The summed E-state index contributed by atoms with van der Waals surface area (Å²) in [6, 6.07) is 35.1. The van der Waals surface area contributed by atoms with Crippen molar-refractivity contribution in [3.63, 3.8) is 0 Å². The van der Waals surface area contributed by atoms with Gasteiger partial charge in [-0.3, -0.25) is 4.79 Å². The van der Waals surface area contributed by atoms with Gasteiger partial charge in [-0.15, -0.1) is 0 Å². The van der Waals surface area contributed by atoms with Gasteiger partial charge in [-0.1, -0.05) is 96.1 Å². The Hall–Kier alpha value is -3.77. The molecule has 224 valence electrons. The number of benzene rings is 4. The molecule has 1 aromatic heterocycles. The Morgan fingerprint density at radius 3 is 2.14 bits per heavy atom. The van der Waals surface area contributed by atoms with Crippen LogP contribution in [0, 0.1) is 5.92 Å². The van der Waals surface area contributed by atoms with Gasteiger partial charge in [0, 0.05) is 25.7 Å². The van der Waals surface area contributed by atoms with Crippen molar-refractivity contribution in [2.75, 3.05) is 0 Å². The quantitative estimate of drug-likeness (QED) is 0.130. The number of nitrogens with zero attached hydrogens (tertiary/aromatic N) is 1. The number of carboxylic acid groups (broad SMARTS) is 1. The van der Waals surface area contributed by atoms with Gasteiger partial charge in [-0.05, 0) is 97.8 Å². The number of fused-ring (bicyclic) bond motifs is 1. The number of aliphatic carboxylic acids is 1. The highest BCUT2D eigenvalue weighted by atomic mass is 35.5. The lowest BCUT2D eigenvalue weighted by molar-refractivity contribution is -0.141. The standard InChI is InChI=1S/C37H33Cl2NO3S/c1-25(44)35(36(41)42)37(23-27-10-17-31(39)18-11-27,22-4-5-26-8-15-30(38)16-9-26)29-13-20-33(21-14-29)43-24-32-19-12-28-6-2-3-7-34(28)40-32/h2-3,6-21,35H,4-5,22-24H2,1H3,(H,41,42). The summed E-state index contributed by atoms with van der Waals surface area (Å²) in [4.78, 5) is 18.1. The van der Waals surface area contributed by atoms with Crippen LogP contribution in [0.5, 0.6) is 5.75 Å². The van der Waals surface area contributed by atoms with Gasteiger partial charge in [-0.2, -0.15) is 0 Å². The Bertz CT molecular complexity index is 1730. The van der Waals surface area contributed by atoms with E-state index >= 15 is 0 Å². The number of para-hydroxylation sites is 1. The van der Waals surface area contributed by atoms with Gasteiger partial charge in [-0.25, -0.2) is 4.98 Å². The predicted octanol–water partition coefficient (Wildman–Crippen LogP) is 9.71. The molecule has 0 saturated heterocycles. The third-order valence-electron chi connectivity index (χ3n) is 8.11. The number of hydrogen-bond acceptors (Lipinski definition) is 4. The van der Waals surface area contributed by atoms with Crippen molar-refractivity contribution in [1.82, 2.24) is 4.98 Å². The smallest absolute Gasteiger partial charge is 0.312 e. The Morgan fingerprint density at radius 1 is 0.864 bits per heavy atom. The van der Waals surface area contributed by atoms with E-state index in [2.05, 4.69) is 0 Å². The number of hydrogen-bond donors (Lipinski definition) is 1. The van der Waals surface area contributed by atoms with Gasteiger partial charge in [0.2, 0.25) is 0 Å². The second-order valence-electron chi connectivity index (χ2n) is 11.1. The molecule has 0 aliphatic rings. The molecule has 7 heteroatoms. The molecule has 2 atom stereocenters. The molecule has 44 heavy (non-hydrogen) atoms. The van der Waals surface area contributed by atoms with E-state index in [0.29, 0.717) is 40.1 Å². The van der Waals surface area contributed by atoms with E-state index in [1.807, 2.05) is 109 Å². The SMILES string of the molecule is CC(=S)C(C(=O)O)C(CCCc1ccc(Cl)cc1)(Cc1ccc(Cl)cc1)c1ccc(OCc2ccc3ccccc3n2)cc1. The van der Waals surface area contributed by atoms with E-state index in [9.17, 15) is 9.90 Å². The van der Waals surface area contributed by atoms with E-state index in [1.54, 1.807) is 6.92 Å². The van der Waals surface area contributed by atoms with Crippen LogP contribution in [0.3, 0.4) is 0 Å². The van der Waals surface area contributed by atoms with Crippen LogP contribution in [-0.2, 0) is 29.7 Å². The van der Waals surface area contributed by atoms with Crippen molar-refractivity contribution in [2.45, 2.75) is 44.6 Å². The fourth-order valence-electron chi connectivity index (χ4n) is 6.00. The molecule has 0 radical (unpaired) electrons. The van der Waals surface area contributed by atoms with E-state index < -0.39 is 17.3 Å². The van der Waals surface area contributed by atoms with Crippen molar-refractivity contribution in [3.05, 3.63) is 142 Å². The van der Waals surface area contributed by atoms with Gasteiger partial charge in [0.05, 0.1) is 17.1 Å². The molecule has 0 aliphatic heterocycles. The van der Waals surface area contributed by atoms with Crippen LogP contribution in [-0.4, -0.2) is 20.9 Å². The molecule has 0 saturated carbocycles. The van der Waals surface area contributed by atoms with Crippen LogP contribution < -0.4 is 4.74 Å². The fraction of sp³-hybridized carbons (Fsp3) is 0.216. The van der Waals surface area contributed by atoms with Crippen LogP contribution in [0.25, 0.3) is 10.9 Å². The zero-order chi connectivity index (χ0) is 31.1. The summed E-state index contributed by atoms with van der Waals surface area (Å²) in [5.74, 6) is -1.14. The van der Waals surface area contributed by atoms with E-state index in [1.165, 1.54) is 0 Å². The van der Waals surface area contributed by atoms with Gasteiger partial charge in [0.15, 0.2) is 0 Å². The average molecular weight is 643 g/mol. The molecule has 0 amide bonds. The van der Waals surface area contributed by atoms with Crippen molar-refractivity contribution in [1.29, 1.82) is 0 Å². The second-order valence-corrected chi connectivity index (χ2v) is 12.6. The fourth-order valence-corrected chi connectivity index (χ4v) is 6.58. The lowest BCUT2D eigenvalue weighted by Crippen LogP contribution is -2.45. The maximum atomic E-state index is 12.9. The normalized spacial score (nSPS) is 13.2. The molecule has 5 aromatic rings. The number of carbonyl (C=O) groups is 1. The van der Waals surface area contributed by atoms with Crippen LogP contribution in [0.1, 0.15) is 42.1 Å². The van der Waals surface area contributed by atoms with E-state index in [4.69, 9.17) is 45.1 Å². The molecule has 1 N–H and O–H groups in total. The maximum absolute atomic E-state index is 12.9. The lowest BCUT2D eigenvalue weighted by atomic mass is 9.63. The molecule has 0 spiro atoms. The summed E-state index contributed by atoms with van der Waals surface area (Å²) in [6.45, 7) is 2.05. The van der Waals surface area contributed by atoms with Crippen molar-refractivity contribution in [2.24, 2.45) is 5.92 Å². The molecule has 4 aromatic carbocycles. The number of carboxylic acids is 1. The van der Waals surface area contributed by atoms with Crippen LogP contribution in [0.15, 0.2) is 109 Å². The molecule has 4 nitrogen and oxygen atoms in total. The van der Waals surface area contributed by atoms with E-state index in [-0.39, 0.29) is 0 Å². The number of thiocarbonyl (C=S) groups is 1. The zero-order valence-corrected chi connectivity index (χ0v) is 26.7. The molecular weight excluding hydrogens is 609 g/mol. The molecule has 1 heterocycles. The number of aromatic nitrogens is 1. The first kappa shape index (κ1) is 31.6. The van der Waals surface area contributed by atoms with Crippen molar-refractivity contribution < 1.29 is 14.6 Å². The molecule has 5 rings (SSSR count). The Morgan fingerprint density at radius 2 is 1.50 bits per heavy atom. The first-order valence-electron chi connectivity index (χ1n) is 14.5. The summed E-state index contributed by atoms with van der Waals surface area (Å²) in [5.41, 5.74) is 3.98. The highest BCUT2D eigenvalue weighted by Gasteiger charge is 2.45. The summed E-state index contributed by atoms with van der Waals surface area (Å²) in [7, 11) is 0. The number of rotatable bonds is 13. The van der Waals surface area contributed by atoms with Crippen molar-refractivity contribution in [3.8, 4) is 5.75 Å². The zero-order valence-electron chi connectivity index (χ0n) is 24.4. The monoisotopic (exact) mass is 641 g/mol. The molecule has 0 aliphatic carbocycles. The third kappa shape index (κ3) is 7.65. The van der Waals surface area contributed by atoms with Crippen molar-refractivity contribution >= 4 is 57.2 Å². The number of aryl methyl sites for hydroxylation is 1. The summed E-state index contributed by atoms with van der Waals surface area (Å²) in [6.07, 6.45) is 2.62. The second kappa shape index (κ2) is 14.3. The molecule has 2 unspecified atom stereocenters. The number of pyridine rings is 1. The largest absolute Gasteiger partial charge is 0.487 e. The minimum absolute atomic E-state index is 0.317. The summed E-state index contributed by atoms with van der Waals surface area (Å²) in [5, 5.41) is 13.0. The number of ether oxygens (including phenoxy) is 1. The average Bonchev–Trinajstić information content (AvgIpc) is 3.02. The summed E-state index contributed by atoms with van der Waals surface area (Å²) < 4.78 is 6.11. The topological polar surface area (TPSA) is 59.4 Å².